The van der Waals surface area contributed by atoms with Crippen molar-refractivity contribution in [2.75, 3.05) is 0 Å². The van der Waals surface area contributed by atoms with Crippen LogP contribution in [0.1, 0.15) is 18.4 Å². The monoisotopic (exact) mass is 240 g/mol. The van der Waals surface area contributed by atoms with Gasteiger partial charge < -0.3 is 9.90 Å². The molecule has 1 rings (SSSR count). The molecule has 0 aliphatic heterocycles. The quantitative estimate of drug-likeness (QED) is 0.778. The number of rotatable bonds is 6. The summed E-state index contributed by atoms with van der Waals surface area (Å²) in [5, 5.41) is 9.32. The fourth-order valence-corrected chi connectivity index (χ4v) is 1.81. The van der Waals surface area contributed by atoms with Gasteiger partial charge in [-0.3, -0.25) is 4.79 Å². The topological polar surface area (TPSA) is 54.4 Å². The van der Waals surface area contributed by atoms with Gasteiger partial charge in [-0.25, -0.2) is 0 Å². The van der Waals surface area contributed by atoms with Gasteiger partial charge in [0.25, 0.3) is 0 Å². The molecule has 0 spiro atoms. The van der Waals surface area contributed by atoms with E-state index in [1.165, 1.54) is 0 Å². The van der Waals surface area contributed by atoms with E-state index in [1.807, 2.05) is 18.2 Å². The number of hydrogen-bond donors (Lipinski definition) is 1. The molecule has 0 amide bonds. The van der Waals surface area contributed by atoms with E-state index in [2.05, 4.69) is 0 Å². The van der Waals surface area contributed by atoms with Crippen LogP contribution in [0.5, 0.6) is 0 Å². The van der Waals surface area contributed by atoms with Crippen LogP contribution in [0.2, 0.25) is 5.02 Å². The minimum atomic E-state index is -0.890. The Hall–Kier alpha value is -1.35. The summed E-state index contributed by atoms with van der Waals surface area (Å²) in [7, 11) is 0. The van der Waals surface area contributed by atoms with Crippen LogP contribution in [0.3, 0.4) is 0 Å². The molecule has 0 heterocycles. The van der Waals surface area contributed by atoms with Crippen molar-refractivity contribution < 1.29 is 14.7 Å². The average Bonchev–Trinajstić information content (AvgIpc) is 2.21. The molecule has 0 aliphatic carbocycles. The highest BCUT2D eigenvalue weighted by Crippen LogP contribution is 2.21. The predicted octanol–water partition coefficient (Wildman–Crippen LogP) is 2.56. The van der Waals surface area contributed by atoms with E-state index in [-0.39, 0.29) is 18.8 Å². The summed E-state index contributed by atoms with van der Waals surface area (Å²) < 4.78 is 0. The Morgan fingerprint density at radius 3 is 2.69 bits per heavy atom. The van der Waals surface area contributed by atoms with Crippen LogP contribution >= 0.6 is 11.6 Å². The molecule has 0 radical (unpaired) electrons. The molecule has 1 aromatic carbocycles. The highest BCUT2D eigenvalue weighted by molar-refractivity contribution is 6.31. The van der Waals surface area contributed by atoms with Gasteiger partial charge in [-0.1, -0.05) is 29.8 Å². The standard InChI is InChI=1S/C12H13ClO3/c13-11-4-2-1-3-10(11)7-9(5-6-14)8-12(15)16/h1-4,6,9H,5,7-8H2,(H,15,16). The van der Waals surface area contributed by atoms with Crippen molar-refractivity contribution in [3.05, 3.63) is 34.9 Å². The van der Waals surface area contributed by atoms with Gasteiger partial charge in [0.15, 0.2) is 0 Å². The maximum Gasteiger partial charge on any atom is 0.303 e. The molecule has 4 heteroatoms. The van der Waals surface area contributed by atoms with E-state index in [0.29, 0.717) is 11.4 Å². The second kappa shape index (κ2) is 6.28. The van der Waals surface area contributed by atoms with Gasteiger partial charge in [-0.05, 0) is 24.0 Å². The molecule has 0 fully saturated rings. The van der Waals surface area contributed by atoms with E-state index < -0.39 is 5.97 Å². The van der Waals surface area contributed by atoms with Crippen molar-refractivity contribution >= 4 is 23.9 Å². The minimum Gasteiger partial charge on any atom is -0.481 e. The van der Waals surface area contributed by atoms with Crippen molar-refractivity contribution in [2.45, 2.75) is 19.3 Å². The number of aliphatic carboxylic acids is 1. The van der Waals surface area contributed by atoms with Crippen LogP contribution < -0.4 is 0 Å². The SMILES string of the molecule is O=CCC(CC(=O)O)Cc1ccccc1Cl. The van der Waals surface area contributed by atoms with Crippen molar-refractivity contribution in [1.82, 2.24) is 0 Å². The lowest BCUT2D eigenvalue weighted by molar-refractivity contribution is -0.138. The Kier molecular flexibility index (Phi) is 4.99. The van der Waals surface area contributed by atoms with E-state index in [0.717, 1.165) is 11.8 Å². The second-order valence-electron chi connectivity index (χ2n) is 3.66. The first kappa shape index (κ1) is 12.7. The summed E-state index contributed by atoms with van der Waals surface area (Å²) in [6.45, 7) is 0. The van der Waals surface area contributed by atoms with Crippen molar-refractivity contribution in [1.29, 1.82) is 0 Å². The van der Waals surface area contributed by atoms with Crippen LogP contribution in [0.25, 0.3) is 0 Å². The van der Waals surface area contributed by atoms with Crippen LogP contribution in [0.4, 0.5) is 0 Å². The molecular weight excluding hydrogens is 228 g/mol. The predicted molar refractivity (Wildman–Crippen MR) is 61.6 cm³/mol. The molecule has 0 saturated carbocycles. The van der Waals surface area contributed by atoms with E-state index in [9.17, 15) is 9.59 Å². The Labute approximate surface area is 99.0 Å². The molecule has 1 atom stereocenters. The first-order valence-corrected chi connectivity index (χ1v) is 5.40. The van der Waals surface area contributed by atoms with Gasteiger partial charge in [0.1, 0.15) is 6.29 Å². The number of carbonyl (C=O) groups is 2. The number of benzene rings is 1. The van der Waals surface area contributed by atoms with Crippen molar-refractivity contribution in [3.63, 3.8) is 0 Å². The minimum absolute atomic E-state index is 0.00996. The van der Waals surface area contributed by atoms with Crippen LogP contribution in [0, 0.1) is 5.92 Å². The van der Waals surface area contributed by atoms with Gasteiger partial charge in [-0.15, -0.1) is 0 Å². The zero-order chi connectivity index (χ0) is 12.0. The van der Waals surface area contributed by atoms with E-state index in [1.54, 1.807) is 6.07 Å². The van der Waals surface area contributed by atoms with Gasteiger partial charge in [0, 0.05) is 17.9 Å². The van der Waals surface area contributed by atoms with Gasteiger partial charge in [0.2, 0.25) is 0 Å². The first-order valence-electron chi connectivity index (χ1n) is 5.02. The smallest absolute Gasteiger partial charge is 0.303 e. The maximum absolute atomic E-state index is 10.6. The average molecular weight is 241 g/mol. The third-order valence-corrected chi connectivity index (χ3v) is 2.73. The highest BCUT2D eigenvalue weighted by atomic mass is 35.5. The molecule has 1 aromatic rings. The molecule has 0 bridgehead atoms. The number of hydrogen-bond acceptors (Lipinski definition) is 2. The number of carboxylic acid groups (broad SMARTS) is 1. The lowest BCUT2D eigenvalue weighted by Crippen LogP contribution is -2.11. The molecule has 16 heavy (non-hydrogen) atoms. The first-order chi connectivity index (χ1) is 7.63. The Balaban J connectivity index is 2.71. The molecule has 1 N–H and O–H groups in total. The highest BCUT2D eigenvalue weighted by Gasteiger charge is 2.14. The van der Waals surface area contributed by atoms with Gasteiger partial charge in [-0.2, -0.15) is 0 Å². The molecule has 0 aliphatic rings. The summed E-state index contributed by atoms with van der Waals surface area (Å²) in [4.78, 5) is 21.1. The summed E-state index contributed by atoms with van der Waals surface area (Å²) in [5.41, 5.74) is 0.886. The number of carboxylic acids is 1. The Morgan fingerprint density at radius 1 is 1.44 bits per heavy atom. The molecule has 3 nitrogen and oxygen atoms in total. The largest absolute Gasteiger partial charge is 0.481 e. The van der Waals surface area contributed by atoms with Crippen LogP contribution in [0.15, 0.2) is 24.3 Å². The third-order valence-electron chi connectivity index (χ3n) is 2.36. The van der Waals surface area contributed by atoms with Gasteiger partial charge in [0.05, 0.1) is 0 Å². The van der Waals surface area contributed by atoms with E-state index >= 15 is 0 Å². The second-order valence-corrected chi connectivity index (χ2v) is 4.07. The summed E-state index contributed by atoms with van der Waals surface area (Å²) in [5.74, 6) is -1.08. The maximum atomic E-state index is 10.6. The molecule has 0 aromatic heterocycles. The van der Waals surface area contributed by atoms with Crippen molar-refractivity contribution in [2.24, 2.45) is 5.92 Å². The number of carbonyl (C=O) groups excluding carboxylic acids is 1. The molecule has 1 unspecified atom stereocenters. The van der Waals surface area contributed by atoms with Crippen molar-refractivity contribution in [3.8, 4) is 0 Å². The van der Waals surface area contributed by atoms with E-state index in [4.69, 9.17) is 16.7 Å². The lowest BCUT2D eigenvalue weighted by atomic mass is 9.94. The molecular formula is C12H13ClO3. The number of halogens is 1. The molecule has 86 valence electrons. The fraction of sp³-hybridized carbons (Fsp3) is 0.333. The zero-order valence-electron chi connectivity index (χ0n) is 8.73. The molecule has 0 saturated heterocycles. The third kappa shape index (κ3) is 4.03. The van der Waals surface area contributed by atoms with Gasteiger partial charge >= 0.3 is 5.97 Å². The Morgan fingerprint density at radius 2 is 2.12 bits per heavy atom. The normalized spacial score (nSPS) is 12.1. The lowest BCUT2D eigenvalue weighted by Gasteiger charge is -2.12. The van der Waals surface area contributed by atoms with Crippen LogP contribution in [-0.4, -0.2) is 17.4 Å². The number of aldehydes is 1. The summed E-state index contributed by atoms with van der Waals surface area (Å²) >= 11 is 5.97. The zero-order valence-corrected chi connectivity index (χ0v) is 9.48. The summed E-state index contributed by atoms with van der Waals surface area (Å²) in [6.07, 6.45) is 1.51. The summed E-state index contributed by atoms with van der Waals surface area (Å²) in [6, 6.07) is 7.27. The van der Waals surface area contributed by atoms with Crippen LogP contribution in [-0.2, 0) is 16.0 Å². The Bertz CT molecular complexity index is 376. The fourth-order valence-electron chi connectivity index (χ4n) is 1.60.